The van der Waals surface area contributed by atoms with Crippen LogP contribution in [0.2, 0.25) is 0 Å². The summed E-state index contributed by atoms with van der Waals surface area (Å²) in [5.41, 5.74) is 1.23. The third-order valence-electron chi connectivity index (χ3n) is 3.76. The highest BCUT2D eigenvalue weighted by atomic mass is 16.5. The standard InChI is InChI=1S/C14H24N2O2/c1-14(2)10-12(9-13(17)11-14)15-3-4-16-5-7-18-8-6-16/h3-11H2,1-2H3/p+1. The SMILES string of the molecule is CC1(C)CC(=O)CC(=NCC[NH+]2CCOCC2)C1. The van der Waals surface area contributed by atoms with Gasteiger partial charge >= 0.3 is 0 Å². The summed E-state index contributed by atoms with van der Waals surface area (Å²) >= 11 is 0. The maximum atomic E-state index is 11.7. The highest BCUT2D eigenvalue weighted by Gasteiger charge is 2.30. The third-order valence-corrected chi connectivity index (χ3v) is 3.76. The molecule has 0 aromatic carbocycles. The van der Waals surface area contributed by atoms with E-state index in [1.807, 2.05) is 0 Å². The minimum absolute atomic E-state index is 0.111. The Kier molecular flexibility index (Phi) is 4.51. The molecule has 4 nitrogen and oxygen atoms in total. The maximum Gasteiger partial charge on any atom is 0.139 e. The van der Waals surface area contributed by atoms with Gasteiger partial charge < -0.3 is 9.64 Å². The first-order valence-corrected chi connectivity index (χ1v) is 7.00. The summed E-state index contributed by atoms with van der Waals surface area (Å²) in [5, 5.41) is 0. The van der Waals surface area contributed by atoms with Crippen LogP contribution in [0.4, 0.5) is 0 Å². The number of carbonyl (C=O) groups excluding carboxylic acids is 1. The molecule has 2 fully saturated rings. The lowest BCUT2D eigenvalue weighted by atomic mass is 9.76. The van der Waals surface area contributed by atoms with Crippen LogP contribution in [0.5, 0.6) is 0 Å². The van der Waals surface area contributed by atoms with E-state index in [4.69, 9.17) is 4.74 Å². The Morgan fingerprint density at radius 3 is 2.67 bits per heavy atom. The monoisotopic (exact) mass is 253 g/mol. The van der Waals surface area contributed by atoms with Gasteiger partial charge in [-0.05, 0) is 11.8 Å². The Bertz CT molecular complexity index is 331. The number of ketones is 1. The van der Waals surface area contributed by atoms with Crippen LogP contribution in [-0.4, -0.2) is 50.9 Å². The number of quaternary nitrogens is 1. The van der Waals surface area contributed by atoms with E-state index in [1.165, 1.54) is 0 Å². The van der Waals surface area contributed by atoms with Crippen LogP contribution in [0.15, 0.2) is 4.99 Å². The predicted octanol–water partition coefficient (Wildman–Crippen LogP) is 0.122. The number of nitrogens with one attached hydrogen (secondary N) is 1. The third kappa shape index (κ3) is 4.18. The number of aliphatic imine (C=N–C) groups is 1. The van der Waals surface area contributed by atoms with E-state index in [9.17, 15) is 4.79 Å². The van der Waals surface area contributed by atoms with Crippen molar-refractivity contribution in [1.29, 1.82) is 0 Å². The summed E-state index contributed by atoms with van der Waals surface area (Å²) in [5.74, 6) is 0.351. The lowest BCUT2D eigenvalue weighted by Crippen LogP contribution is -3.14. The topological polar surface area (TPSA) is 43.1 Å². The van der Waals surface area contributed by atoms with Gasteiger partial charge in [0.05, 0.1) is 26.3 Å². The fraction of sp³-hybridized carbons (Fsp3) is 0.857. The van der Waals surface area contributed by atoms with Gasteiger partial charge in [0.2, 0.25) is 0 Å². The van der Waals surface area contributed by atoms with Crippen molar-refractivity contribution in [3.63, 3.8) is 0 Å². The van der Waals surface area contributed by atoms with Crippen molar-refractivity contribution in [2.45, 2.75) is 33.1 Å². The molecule has 1 saturated heterocycles. The zero-order chi connectivity index (χ0) is 13.0. The van der Waals surface area contributed by atoms with Crippen LogP contribution >= 0.6 is 0 Å². The molecule has 0 unspecified atom stereocenters. The zero-order valence-electron chi connectivity index (χ0n) is 11.6. The quantitative estimate of drug-likeness (QED) is 0.776. The number of morpholine rings is 1. The highest BCUT2D eigenvalue weighted by molar-refractivity contribution is 6.04. The van der Waals surface area contributed by atoms with Crippen molar-refractivity contribution < 1.29 is 14.4 Å². The fourth-order valence-electron chi connectivity index (χ4n) is 2.90. The molecule has 0 spiro atoms. The fourth-order valence-corrected chi connectivity index (χ4v) is 2.90. The molecule has 0 aromatic heterocycles. The molecular formula is C14H25N2O2+. The van der Waals surface area contributed by atoms with Crippen molar-refractivity contribution in [3.8, 4) is 0 Å². The van der Waals surface area contributed by atoms with Crippen molar-refractivity contribution in [1.82, 2.24) is 0 Å². The van der Waals surface area contributed by atoms with Crippen molar-refractivity contribution >= 4 is 11.5 Å². The Morgan fingerprint density at radius 2 is 2.00 bits per heavy atom. The molecule has 18 heavy (non-hydrogen) atoms. The van der Waals surface area contributed by atoms with Gasteiger partial charge in [-0.2, -0.15) is 0 Å². The van der Waals surface area contributed by atoms with Crippen LogP contribution in [0, 0.1) is 5.41 Å². The second kappa shape index (κ2) is 5.93. The van der Waals surface area contributed by atoms with Crippen LogP contribution < -0.4 is 4.90 Å². The first kappa shape index (κ1) is 13.7. The number of ether oxygens (including phenoxy) is 1. The largest absolute Gasteiger partial charge is 0.370 e. The first-order chi connectivity index (χ1) is 8.55. The second-order valence-corrected chi connectivity index (χ2v) is 6.29. The average molecular weight is 253 g/mol. The van der Waals surface area contributed by atoms with Gasteiger partial charge in [0.25, 0.3) is 0 Å². The first-order valence-electron chi connectivity index (χ1n) is 7.00. The van der Waals surface area contributed by atoms with Crippen LogP contribution in [-0.2, 0) is 9.53 Å². The normalized spacial score (nSPS) is 27.7. The van der Waals surface area contributed by atoms with E-state index in [-0.39, 0.29) is 5.41 Å². The molecule has 1 saturated carbocycles. The molecular weight excluding hydrogens is 228 g/mol. The molecule has 0 bridgehead atoms. The smallest absolute Gasteiger partial charge is 0.139 e. The van der Waals surface area contributed by atoms with E-state index < -0.39 is 0 Å². The summed E-state index contributed by atoms with van der Waals surface area (Å²) in [4.78, 5) is 17.9. The molecule has 1 aliphatic carbocycles. The molecule has 2 rings (SSSR count). The molecule has 1 aliphatic heterocycles. The number of rotatable bonds is 3. The van der Waals surface area contributed by atoms with Gasteiger partial charge in [-0.1, -0.05) is 13.8 Å². The Morgan fingerprint density at radius 1 is 1.28 bits per heavy atom. The second-order valence-electron chi connectivity index (χ2n) is 6.29. The molecule has 0 radical (unpaired) electrons. The predicted molar refractivity (Wildman–Crippen MR) is 71.3 cm³/mol. The van der Waals surface area contributed by atoms with Crippen LogP contribution in [0.25, 0.3) is 0 Å². The maximum absolute atomic E-state index is 11.7. The number of hydrogen-bond acceptors (Lipinski definition) is 3. The lowest BCUT2D eigenvalue weighted by molar-refractivity contribution is -0.906. The summed E-state index contributed by atoms with van der Waals surface area (Å²) < 4.78 is 5.34. The van der Waals surface area contributed by atoms with Crippen LogP contribution in [0.3, 0.4) is 0 Å². The van der Waals surface area contributed by atoms with Crippen molar-refractivity contribution in [3.05, 3.63) is 0 Å². The van der Waals surface area contributed by atoms with Crippen LogP contribution in [0.1, 0.15) is 33.1 Å². The summed E-state index contributed by atoms with van der Waals surface area (Å²) in [6.45, 7) is 10.2. The molecule has 0 aromatic rings. The minimum Gasteiger partial charge on any atom is -0.370 e. The number of Topliss-reactive ketones (excluding diaryl/α,β-unsaturated/α-hetero) is 1. The molecule has 1 heterocycles. The van der Waals surface area contributed by atoms with Gasteiger partial charge in [-0.3, -0.25) is 9.79 Å². The van der Waals surface area contributed by atoms with Gasteiger partial charge in [-0.25, -0.2) is 0 Å². The number of nitrogens with zero attached hydrogens (tertiary/aromatic N) is 1. The zero-order valence-corrected chi connectivity index (χ0v) is 11.6. The molecule has 102 valence electrons. The molecule has 1 N–H and O–H groups in total. The highest BCUT2D eigenvalue weighted by Crippen LogP contribution is 2.31. The van der Waals surface area contributed by atoms with E-state index in [0.717, 1.165) is 51.5 Å². The van der Waals surface area contributed by atoms with Gasteiger partial charge in [0, 0.05) is 18.6 Å². The lowest BCUT2D eigenvalue weighted by Gasteiger charge is -2.29. The minimum atomic E-state index is 0.111. The molecule has 0 amide bonds. The molecule has 2 aliphatic rings. The van der Waals surface area contributed by atoms with E-state index in [2.05, 4.69) is 18.8 Å². The van der Waals surface area contributed by atoms with E-state index >= 15 is 0 Å². The van der Waals surface area contributed by atoms with Gasteiger partial charge in [-0.15, -0.1) is 0 Å². The van der Waals surface area contributed by atoms with E-state index in [1.54, 1.807) is 4.90 Å². The van der Waals surface area contributed by atoms with Gasteiger partial charge in [0.1, 0.15) is 18.9 Å². The van der Waals surface area contributed by atoms with Crippen molar-refractivity contribution in [2.75, 3.05) is 39.4 Å². The van der Waals surface area contributed by atoms with Crippen molar-refractivity contribution in [2.24, 2.45) is 10.4 Å². The Labute approximate surface area is 109 Å². The summed E-state index contributed by atoms with van der Waals surface area (Å²) in [6, 6.07) is 0. The summed E-state index contributed by atoms with van der Waals surface area (Å²) in [6.07, 6.45) is 2.28. The summed E-state index contributed by atoms with van der Waals surface area (Å²) in [7, 11) is 0. The number of carbonyl (C=O) groups is 1. The average Bonchev–Trinajstić information content (AvgIpc) is 2.27. The Balaban J connectivity index is 1.79. The molecule has 4 heteroatoms. The number of hydrogen-bond donors (Lipinski definition) is 1. The van der Waals surface area contributed by atoms with Gasteiger partial charge in [0.15, 0.2) is 0 Å². The van der Waals surface area contributed by atoms with E-state index in [0.29, 0.717) is 18.6 Å². The Hall–Kier alpha value is -0.740. The molecule has 0 atom stereocenters.